The summed E-state index contributed by atoms with van der Waals surface area (Å²) in [5, 5.41) is 17.5. The second kappa shape index (κ2) is 5.70. The number of amides is 1. The largest absolute Gasteiger partial charge is 0.307 e. The minimum absolute atomic E-state index is 0.0192. The molecule has 1 fully saturated rings. The summed E-state index contributed by atoms with van der Waals surface area (Å²) in [5.74, 6) is -0.236. The van der Waals surface area contributed by atoms with Gasteiger partial charge in [0.1, 0.15) is 4.32 Å². The summed E-state index contributed by atoms with van der Waals surface area (Å²) in [6.45, 7) is 0. The molecule has 1 aromatic carbocycles. The molecule has 0 unspecified atom stereocenters. The molecule has 1 amide bonds. The predicted octanol–water partition coefficient (Wildman–Crippen LogP) is 2.27. The number of nitrogens with one attached hydrogen (secondary N) is 1. The minimum atomic E-state index is -0.457. The summed E-state index contributed by atoms with van der Waals surface area (Å²) in [6.07, 6.45) is 3.35. The number of hydrogen-bond donors (Lipinski definition) is 1. The van der Waals surface area contributed by atoms with Gasteiger partial charge in [-0.1, -0.05) is 24.0 Å². The van der Waals surface area contributed by atoms with Crippen LogP contribution in [0.2, 0.25) is 0 Å². The Kier molecular flexibility index (Phi) is 3.73. The van der Waals surface area contributed by atoms with Crippen LogP contribution in [0, 0.1) is 10.1 Å². The number of hydrogen-bond acceptors (Lipinski definition) is 6. The summed E-state index contributed by atoms with van der Waals surface area (Å²) in [6, 6.07) is 7.77. The lowest BCUT2D eigenvalue weighted by molar-refractivity contribution is -0.384. The summed E-state index contributed by atoms with van der Waals surface area (Å²) >= 11 is 6.10. The second-order valence-electron chi connectivity index (χ2n) is 4.31. The molecule has 3 rings (SSSR count). The van der Waals surface area contributed by atoms with Crippen LogP contribution in [0.15, 0.2) is 41.4 Å². The maximum Gasteiger partial charge on any atom is 0.269 e. The number of benzene rings is 1. The number of rotatable bonds is 3. The van der Waals surface area contributed by atoms with Gasteiger partial charge < -0.3 is 5.32 Å². The van der Waals surface area contributed by atoms with E-state index in [1.807, 2.05) is 0 Å². The topological polar surface area (TPSA) is 90.1 Å². The van der Waals surface area contributed by atoms with E-state index in [1.165, 1.54) is 23.9 Å². The van der Waals surface area contributed by atoms with E-state index in [0.29, 0.717) is 20.6 Å². The number of thiocarbonyl (C=S) groups is 1. The number of carbonyl (C=O) groups is 1. The van der Waals surface area contributed by atoms with Gasteiger partial charge in [-0.05, 0) is 24.3 Å². The second-order valence-corrected chi connectivity index (χ2v) is 6.03. The van der Waals surface area contributed by atoms with Gasteiger partial charge in [-0.2, -0.15) is 5.10 Å². The highest BCUT2D eigenvalue weighted by Gasteiger charge is 2.22. The van der Waals surface area contributed by atoms with Crippen molar-refractivity contribution in [3.63, 3.8) is 0 Å². The molecule has 0 atom stereocenters. The highest BCUT2D eigenvalue weighted by molar-refractivity contribution is 8.26. The van der Waals surface area contributed by atoms with E-state index in [1.54, 1.807) is 35.2 Å². The number of carbonyl (C=O) groups excluding carboxylic acids is 1. The van der Waals surface area contributed by atoms with Gasteiger partial charge >= 0.3 is 0 Å². The maximum absolute atomic E-state index is 11.6. The maximum atomic E-state index is 11.6. The first-order valence-corrected chi connectivity index (χ1v) is 7.31. The summed E-state index contributed by atoms with van der Waals surface area (Å²) in [4.78, 5) is 22.2. The van der Waals surface area contributed by atoms with Crippen LogP contribution < -0.4 is 5.32 Å². The Morgan fingerprint density at radius 1 is 1.32 bits per heavy atom. The third-order valence-corrected chi connectivity index (χ3v) is 4.02. The number of aromatic nitrogens is 2. The Bertz CT molecular complexity index is 811. The Morgan fingerprint density at radius 3 is 2.64 bits per heavy atom. The molecule has 2 aromatic rings. The highest BCUT2D eigenvalue weighted by atomic mass is 32.2. The molecular formula is C13H8N4O3S2. The summed E-state index contributed by atoms with van der Waals surface area (Å²) in [5.41, 5.74) is 1.31. The first-order valence-electron chi connectivity index (χ1n) is 6.08. The lowest BCUT2D eigenvalue weighted by atomic mass is 10.3. The first kappa shape index (κ1) is 14.4. The molecule has 22 heavy (non-hydrogen) atoms. The molecule has 1 saturated heterocycles. The van der Waals surface area contributed by atoms with Gasteiger partial charge in [-0.3, -0.25) is 14.9 Å². The third-order valence-electron chi connectivity index (χ3n) is 2.86. The number of non-ortho nitro benzene ring substituents is 1. The van der Waals surface area contributed by atoms with E-state index < -0.39 is 4.92 Å². The minimum Gasteiger partial charge on any atom is -0.307 e. The van der Waals surface area contributed by atoms with Crippen LogP contribution in [0.4, 0.5) is 5.69 Å². The number of nitro benzene ring substituents is 1. The zero-order valence-electron chi connectivity index (χ0n) is 10.9. The molecule has 1 N–H and O–H groups in total. The Labute approximate surface area is 134 Å². The van der Waals surface area contributed by atoms with E-state index in [0.717, 1.165) is 0 Å². The highest BCUT2D eigenvalue weighted by Crippen LogP contribution is 2.25. The fourth-order valence-corrected chi connectivity index (χ4v) is 2.87. The summed E-state index contributed by atoms with van der Waals surface area (Å²) in [7, 11) is 0. The summed E-state index contributed by atoms with van der Waals surface area (Å²) < 4.78 is 2.00. The van der Waals surface area contributed by atoms with Gasteiger partial charge in [0, 0.05) is 18.3 Å². The van der Waals surface area contributed by atoms with E-state index >= 15 is 0 Å². The molecule has 0 spiro atoms. The van der Waals surface area contributed by atoms with Crippen molar-refractivity contribution >= 4 is 46.0 Å². The van der Waals surface area contributed by atoms with E-state index in [-0.39, 0.29) is 11.6 Å². The Morgan fingerprint density at radius 2 is 2.05 bits per heavy atom. The van der Waals surface area contributed by atoms with Crippen molar-refractivity contribution in [1.82, 2.24) is 15.1 Å². The Balaban J connectivity index is 1.85. The number of nitro groups is 1. The Hall–Kier alpha value is -2.52. The number of thioether (sulfide) groups is 1. The molecule has 1 aliphatic heterocycles. The van der Waals surface area contributed by atoms with Gasteiger partial charge in [-0.15, -0.1) is 0 Å². The fraction of sp³-hybridized carbons (Fsp3) is 0. The molecular weight excluding hydrogens is 324 g/mol. The zero-order chi connectivity index (χ0) is 15.7. The molecule has 0 aliphatic carbocycles. The normalized spacial score (nSPS) is 16.1. The van der Waals surface area contributed by atoms with Crippen molar-refractivity contribution in [2.24, 2.45) is 0 Å². The standard InChI is InChI=1S/C13H8N4O3S2/c18-12-11(22-13(21)14-12)7-8-5-6-16(15-8)9-1-3-10(4-2-9)17(19)20/h1-7H,(H,14,18,21)/b11-7-. The van der Waals surface area contributed by atoms with Crippen molar-refractivity contribution in [1.29, 1.82) is 0 Å². The van der Waals surface area contributed by atoms with Crippen LogP contribution in [-0.4, -0.2) is 24.9 Å². The molecule has 7 nitrogen and oxygen atoms in total. The predicted molar refractivity (Wildman–Crippen MR) is 86.5 cm³/mol. The average molecular weight is 332 g/mol. The quantitative estimate of drug-likeness (QED) is 0.401. The molecule has 0 saturated carbocycles. The van der Waals surface area contributed by atoms with Gasteiger partial charge in [0.15, 0.2) is 0 Å². The third kappa shape index (κ3) is 2.90. The monoisotopic (exact) mass is 332 g/mol. The first-order chi connectivity index (χ1) is 10.5. The fourth-order valence-electron chi connectivity index (χ4n) is 1.84. The van der Waals surface area contributed by atoms with Crippen LogP contribution >= 0.6 is 24.0 Å². The zero-order valence-corrected chi connectivity index (χ0v) is 12.6. The smallest absolute Gasteiger partial charge is 0.269 e. The van der Waals surface area contributed by atoms with Gasteiger partial charge in [0.25, 0.3) is 11.6 Å². The van der Waals surface area contributed by atoms with Gasteiger partial charge in [0.05, 0.1) is 21.2 Å². The van der Waals surface area contributed by atoms with Crippen molar-refractivity contribution in [2.45, 2.75) is 0 Å². The van der Waals surface area contributed by atoms with Crippen LogP contribution in [-0.2, 0) is 4.79 Å². The molecule has 2 heterocycles. The van der Waals surface area contributed by atoms with Gasteiger partial charge in [-0.25, -0.2) is 4.68 Å². The van der Waals surface area contributed by atoms with Crippen molar-refractivity contribution in [3.05, 3.63) is 57.2 Å². The molecule has 1 aromatic heterocycles. The molecule has 110 valence electrons. The lowest BCUT2D eigenvalue weighted by Gasteiger charge is -2.00. The number of nitrogens with zero attached hydrogens (tertiary/aromatic N) is 3. The SMILES string of the molecule is O=C1NC(=S)S/C1=C\c1ccn(-c2ccc([N+](=O)[O-])cc2)n1. The van der Waals surface area contributed by atoms with Crippen LogP contribution in [0.3, 0.4) is 0 Å². The molecule has 1 aliphatic rings. The average Bonchev–Trinajstić information content (AvgIpc) is 3.06. The van der Waals surface area contributed by atoms with Crippen LogP contribution in [0.25, 0.3) is 11.8 Å². The van der Waals surface area contributed by atoms with Crippen LogP contribution in [0.1, 0.15) is 5.69 Å². The van der Waals surface area contributed by atoms with E-state index in [9.17, 15) is 14.9 Å². The van der Waals surface area contributed by atoms with Crippen LogP contribution in [0.5, 0.6) is 0 Å². The van der Waals surface area contributed by atoms with E-state index in [4.69, 9.17) is 12.2 Å². The molecule has 0 bridgehead atoms. The van der Waals surface area contributed by atoms with Gasteiger partial charge in [0.2, 0.25) is 0 Å². The van der Waals surface area contributed by atoms with E-state index in [2.05, 4.69) is 10.4 Å². The lowest BCUT2D eigenvalue weighted by Crippen LogP contribution is -2.17. The van der Waals surface area contributed by atoms with Crippen molar-refractivity contribution < 1.29 is 9.72 Å². The molecule has 0 radical (unpaired) electrons. The van der Waals surface area contributed by atoms with Crippen molar-refractivity contribution in [3.8, 4) is 5.69 Å². The molecule has 9 heteroatoms. The van der Waals surface area contributed by atoms with Crippen molar-refractivity contribution in [2.75, 3.05) is 0 Å².